The lowest BCUT2D eigenvalue weighted by Crippen LogP contribution is -2.07. The van der Waals surface area contributed by atoms with Gasteiger partial charge in [0.1, 0.15) is 6.10 Å². The molecule has 0 saturated carbocycles. The number of hydrogen-bond donors (Lipinski definition) is 1. The molecule has 5 nitrogen and oxygen atoms in total. The molecule has 0 aliphatic heterocycles. The number of aliphatic hydroxyl groups is 1. The van der Waals surface area contributed by atoms with Gasteiger partial charge in [-0.2, -0.15) is 0 Å². The molecule has 1 aromatic heterocycles. The first-order valence-corrected chi connectivity index (χ1v) is 5.24. The fraction of sp³-hybridized carbons (Fsp3) is 0.556. The van der Waals surface area contributed by atoms with E-state index < -0.39 is 12.1 Å². The van der Waals surface area contributed by atoms with E-state index in [0.717, 1.165) is 5.13 Å². The minimum Gasteiger partial charge on any atom is -0.469 e. The van der Waals surface area contributed by atoms with Crippen molar-refractivity contribution in [1.29, 1.82) is 0 Å². The Balaban J connectivity index is 2.65. The molecule has 0 saturated heterocycles. The number of thiazole rings is 1. The van der Waals surface area contributed by atoms with Gasteiger partial charge >= 0.3 is 5.97 Å². The minimum atomic E-state index is -0.830. The van der Waals surface area contributed by atoms with Crippen LogP contribution in [0.1, 0.15) is 17.4 Å². The van der Waals surface area contributed by atoms with E-state index >= 15 is 0 Å². The van der Waals surface area contributed by atoms with E-state index in [1.807, 2.05) is 19.0 Å². The van der Waals surface area contributed by atoms with E-state index in [4.69, 9.17) is 0 Å². The van der Waals surface area contributed by atoms with Crippen LogP contribution < -0.4 is 4.90 Å². The van der Waals surface area contributed by atoms with Gasteiger partial charge < -0.3 is 14.7 Å². The lowest BCUT2D eigenvalue weighted by Gasteiger charge is -2.07. The number of nitrogens with zero attached hydrogens (tertiary/aromatic N) is 2. The van der Waals surface area contributed by atoms with E-state index in [2.05, 4.69) is 9.72 Å². The minimum absolute atomic E-state index is 0.0361. The molecule has 1 N–H and O–H groups in total. The van der Waals surface area contributed by atoms with E-state index in [0.29, 0.717) is 4.88 Å². The molecule has 0 bridgehead atoms. The number of hydrogen-bond acceptors (Lipinski definition) is 6. The summed E-state index contributed by atoms with van der Waals surface area (Å²) in [7, 11) is 5.04. The Morgan fingerprint density at radius 1 is 1.73 bits per heavy atom. The Morgan fingerprint density at radius 3 is 2.87 bits per heavy atom. The smallest absolute Gasteiger partial charge is 0.308 e. The van der Waals surface area contributed by atoms with Gasteiger partial charge in [0.25, 0.3) is 0 Å². The van der Waals surface area contributed by atoms with Crippen molar-refractivity contribution in [1.82, 2.24) is 4.98 Å². The van der Waals surface area contributed by atoms with Crippen molar-refractivity contribution in [2.24, 2.45) is 0 Å². The van der Waals surface area contributed by atoms with Crippen LogP contribution in [0, 0.1) is 0 Å². The van der Waals surface area contributed by atoms with Crippen molar-refractivity contribution in [2.75, 3.05) is 26.1 Å². The summed E-state index contributed by atoms with van der Waals surface area (Å²) in [4.78, 5) is 17.5. The van der Waals surface area contributed by atoms with Crippen LogP contribution in [0.2, 0.25) is 0 Å². The van der Waals surface area contributed by atoms with Crippen molar-refractivity contribution in [3.05, 3.63) is 11.1 Å². The number of carbonyl (C=O) groups excluding carboxylic acids is 1. The van der Waals surface area contributed by atoms with Gasteiger partial charge in [0.05, 0.1) is 18.4 Å². The molecular weight excluding hydrogens is 216 g/mol. The molecule has 15 heavy (non-hydrogen) atoms. The Bertz CT molecular complexity index is 338. The molecule has 6 heteroatoms. The number of aromatic nitrogens is 1. The summed E-state index contributed by atoms with van der Waals surface area (Å²) in [6.45, 7) is 0. The number of methoxy groups -OCH3 is 1. The lowest BCUT2D eigenvalue weighted by atomic mass is 10.2. The second-order valence-corrected chi connectivity index (χ2v) is 4.28. The molecule has 1 atom stereocenters. The summed E-state index contributed by atoms with van der Waals surface area (Å²) in [5.41, 5.74) is 0. The van der Waals surface area contributed by atoms with Crippen LogP contribution in [0.3, 0.4) is 0 Å². The van der Waals surface area contributed by atoms with Gasteiger partial charge in [0, 0.05) is 20.3 Å². The quantitative estimate of drug-likeness (QED) is 0.775. The molecule has 0 aliphatic rings. The Labute approximate surface area is 92.3 Å². The molecule has 1 rings (SSSR count). The fourth-order valence-electron chi connectivity index (χ4n) is 0.980. The number of rotatable bonds is 4. The average Bonchev–Trinajstić information content (AvgIpc) is 2.66. The van der Waals surface area contributed by atoms with Crippen molar-refractivity contribution in [3.63, 3.8) is 0 Å². The third-order valence-electron chi connectivity index (χ3n) is 1.81. The van der Waals surface area contributed by atoms with Crippen LogP contribution in [0.25, 0.3) is 0 Å². The van der Waals surface area contributed by atoms with Crippen LogP contribution in [-0.4, -0.2) is 37.3 Å². The molecule has 1 heterocycles. The van der Waals surface area contributed by atoms with Gasteiger partial charge in [0.2, 0.25) is 0 Å². The molecule has 0 amide bonds. The number of esters is 1. The summed E-state index contributed by atoms with van der Waals surface area (Å²) in [5, 5.41) is 10.5. The van der Waals surface area contributed by atoms with Crippen LogP contribution in [0.4, 0.5) is 5.13 Å². The summed E-state index contributed by atoms with van der Waals surface area (Å²) < 4.78 is 4.47. The zero-order valence-electron chi connectivity index (χ0n) is 8.93. The maximum Gasteiger partial charge on any atom is 0.308 e. The highest BCUT2D eigenvalue weighted by atomic mass is 32.1. The topological polar surface area (TPSA) is 62.7 Å². The first kappa shape index (κ1) is 11.9. The highest BCUT2D eigenvalue weighted by Gasteiger charge is 2.16. The lowest BCUT2D eigenvalue weighted by molar-refractivity contribution is -0.142. The molecule has 0 unspecified atom stereocenters. The van der Waals surface area contributed by atoms with Crippen LogP contribution in [0.5, 0.6) is 0 Å². The molecule has 0 radical (unpaired) electrons. The Morgan fingerprint density at radius 2 is 2.40 bits per heavy atom. The van der Waals surface area contributed by atoms with Gasteiger partial charge in [-0.3, -0.25) is 4.79 Å². The molecule has 84 valence electrons. The molecule has 0 aromatic carbocycles. The van der Waals surface area contributed by atoms with Crippen LogP contribution in [0.15, 0.2) is 6.20 Å². The van der Waals surface area contributed by atoms with Gasteiger partial charge in [-0.25, -0.2) is 4.98 Å². The maximum absolute atomic E-state index is 10.9. The van der Waals surface area contributed by atoms with Crippen LogP contribution >= 0.6 is 11.3 Å². The SMILES string of the molecule is COC(=O)C[C@@H](O)c1cnc(N(C)C)s1. The molecule has 0 spiro atoms. The highest BCUT2D eigenvalue weighted by molar-refractivity contribution is 7.15. The summed E-state index contributed by atoms with van der Waals surface area (Å²) in [6.07, 6.45) is 0.711. The van der Waals surface area contributed by atoms with E-state index in [1.54, 1.807) is 6.20 Å². The van der Waals surface area contributed by atoms with Gasteiger partial charge in [0.15, 0.2) is 5.13 Å². The van der Waals surface area contributed by atoms with Crippen molar-refractivity contribution in [3.8, 4) is 0 Å². The van der Waals surface area contributed by atoms with E-state index in [1.165, 1.54) is 18.4 Å². The predicted molar refractivity (Wildman–Crippen MR) is 58.0 cm³/mol. The van der Waals surface area contributed by atoms with E-state index in [9.17, 15) is 9.90 Å². The zero-order valence-corrected chi connectivity index (χ0v) is 9.74. The molecular formula is C9H14N2O3S. The second kappa shape index (κ2) is 5.09. The average molecular weight is 230 g/mol. The van der Waals surface area contributed by atoms with Crippen LogP contribution in [-0.2, 0) is 9.53 Å². The summed E-state index contributed by atoms with van der Waals surface area (Å²) >= 11 is 1.36. The van der Waals surface area contributed by atoms with Gasteiger partial charge in [-0.15, -0.1) is 0 Å². The van der Waals surface area contributed by atoms with Gasteiger partial charge in [-0.1, -0.05) is 11.3 Å². The molecule has 0 fully saturated rings. The summed E-state index contributed by atoms with van der Waals surface area (Å²) in [6, 6.07) is 0. The number of anilines is 1. The highest BCUT2D eigenvalue weighted by Crippen LogP contribution is 2.27. The largest absolute Gasteiger partial charge is 0.469 e. The van der Waals surface area contributed by atoms with Crippen molar-refractivity contribution >= 4 is 22.4 Å². The van der Waals surface area contributed by atoms with E-state index in [-0.39, 0.29) is 6.42 Å². The third-order valence-corrected chi connectivity index (χ3v) is 3.08. The standard InChI is InChI=1S/C9H14N2O3S/c1-11(2)9-10-5-7(15-9)6(12)4-8(13)14-3/h5-6,12H,4H2,1-3H3/t6-/m1/s1. The predicted octanol–water partition coefficient (Wildman–Crippen LogP) is 0.806. The molecule has 0 aliphatic carbocycles. The summed E-state index contributed by atoms with van der Waals surface area (Å²) in [5.74, 6) is -0.428. The monoisotopic (exact) mass is 230 g/mol. The van der Waals surface area contributed by atoms with Crippen molar-refractivity contribution < 1.29 is 14.6 Å². The number of ether oxygens (including phenoxy) is 1. The third kappa shape index (κ3) is 3.17. The maximum atomic E-state index is 10.9. The number of aliphatic hydroxyl groups excluding tert-OH is 1. The number of carbonyl (C=O) groups is 1. The normalized spacial score (nSPS) is 12.3. The Kier molecular flexibility index (Phi) is 4.05. The zero-order chi connectivity index (χ0) is 11.4. The first-order chi connectivity index (χ1) is 7.04. The first-order valence-electron chi connectivity index (χ1n) is 4.42. The molecule has 1 aromatic rings. The Hall–Kier alpha value is -1.14. The van der Waals surface area contributed by atoms with Crippen molar-refractivity contribution in [2.45, 2.75) is 12.5 Å². The fourth-order valence-corrected chi connectivity index (χ4v) is 1.80. The van der Waals surface area contributed by atoms with Gasteiger partial charge in [-0.05, 0) is 0 Å². The second-order valence-electron chi connectivity index (χ2n) is 3.24.